The number of halogens is 1. The van der Waals surface area contributed by atoms with Crippen LogP contribution in [0.3, 0.4) is 0 Å². The van der Waals surface area contributed by atoms with E-state index in [1.807, 2.05) is 28.7 Å². The monoisotopic (exact) mass is 287 g/mol. The maximum absolute atomic E-state index is 10.4. The zero-order chi connectivity index (χ0) is 9.84. The van der Waals surface area contributed by atoms with Gasteiger partial charge >= 0.3 is 5.97 Å². The quantitative estimate of drug-likeness (QED) is 0.843. The highest BCUT2D eigenvalue weighted by molar-refractivity contribution is 14.1. The Kier molecular flexibility index (Phi) is 3.25. The van der Waals surface area contributed by atoms with Crippen molar-refractivity contribution in [3.63, 3.8) is 0 Å². The molecule has 0 fully saturated rings. The van der Waals surface area contributed by atoms with Crippen LogP contribution < -0.4 is 0 Å². The lowest BCUT2D eigenvalue weighted by Gasteiger charge is -2.00. The van der Waals surface area contributed by atoms with Crippen LogP contribution in [-0.2, 0) is 11.2 Å². The third-order valence-corrected chi connectivity index (χ3v) is 2.53. The molecule has 66 valence electrons. The summed E-state index contributed by atoms with van der Waals surface area (Å²) in [6, 6.07) is 6.98. The summed E-state index contributed by atoms with van der Waals surface area (Å²) in [5.74, 6) is -0.859. The van der Waals surface area contributed by atoms with E-state index in [1.54, 1.807) is 18.2 Å². The van der Waals surface area contributed by atoms with Gasteiger partial charge in [0.05, 0.1) is 18.1 Å². The molecule has 0 atom stereocenters. The number of hydrogen-bond acceptors (Lipinski definition) is 2. The number of nitrogens with zero attached hydrogens (tertiary/aromatic N) is 1. The van der Waals surface area contributed by atoms with Crippen LogP contribution >= 0.6 is 22.6 Å². The number of carboxylic acid groups (broad SMARTS) is 1. The van der Waals surface area contributed by atoms with E-state index in [0.717, 1.165) is 9.13 Å². The Morgan fingerprint density at radius 1 is 1.62 bits per heavy atom. The molecule has 1 rings (SSSR count). The van der Waals surface area contributed by atoms with Gasteiger partial charge in [-0.2, -0.15) is 5.26 Å². The van der Waals surface area contributed by atoms with Crippen LogP contribution in [-0.4, -0.2) is 11.1 Å². The predicted molar refractivity (Wildman–Crippen MR) is 55.2 cm³/mol. The van der Waals surface area contributed by atoms with Crippen LogP contribution in [0.15, 0.2) is 18.2 Å². The van der Waals surface area contributed by atoms with E-state index in [-0.39, 0.29) is 6.42 Å². The molecule has 0 aliphatic carbocycles. The zero-order valence-corrected chi connectivity index (χ0v) is 8.78. The van der Waals surface area contributed by atoms with Crippen LogP contribution in [0, 0.1) is 14.9 Å². The fraction of sp³-hybridized carbons (Fsp3) is 0.111. The molecule has 0 saturated carbocycles. The van der Waals surface area contributed by atoms with Gasteiger partial charge in [-0.25, -0.2) is 0 Å². The highest BCUT2D eigenvalue weighted by Gasteiger charge is 2.05. The summed E-state index contributed by atoms with van der Waals surface area (Å²) in [5.41, 5.74) is 1.30. The van der Waals surface area contributed by atoms with Crippen molar-refractivity contribution in [1.82, 2.24) is 0 Å². The summed E-state index contributed by atoms with van der Waals surface area (Å²) >= 11 is 2.03. The molecular formula is C9H6INO2. The first-order chi connectivity index (χ1) is 6.13. The Bertz CT molecular complexity index is 382. The van der Waals surface area contributed by atoms with Crippen molar-refractivity contribution in [1.29, 1.82) is 5.26 Å². The number of rotatable bonds is 2. The molecule has 3 nitrogen and oxygen atoms in total. The molecule has 0 aromatic heterocycles. The van der Waals surface area contributed by atoms with Crippen molar-refractivity contribution in [2.75, 3.05) is 0 Å². The number of nitriles is 1. The van der Waals surface area contributed by atoms with Crippen molar-refractivity contribution in [2.24, 2.45) is 0 Å². The Morgan fingerprint density at radius 3 is 2.77 bits per heavy atom. The van der Waals surface area contributed by atoms with E-state index in [0.29, 0.717) is 5.56 Å². The van der Waals surface area contributed by atoms with E-state index < -0.39 is 5.97 Å². The molecule has 0 saturated heterocycles. The van der Waals surface area contributed by atoms with Gasteiger partial charge in [0, 0.05) is 3.57 Å². The van der Waals surface area contributed by atoms with E-state index in [2.05, 4.69) is 0 Å². The first-order valence-electron chi connectivity index (χ1n) is 3.54. The van der Waals surface area contributed by atoms with Gasteiger partial charge in [-0.15, -0.1) is 0 Å². The van der Waals surface area contributed by atoms with Gasteiger partial charge in [-0.1, -0.05) is 6.07 Å². The van der Waals surface area contributed by atoms with Crippen LogP contribution in [0.2, 0.25) is 0 Å². The molecule has 0 amide bonds. The maximum Gasteiger partial charge on any atom is 0.307 e. The highest BCUT2D eigenvalue weighted by Crippen LogP contribution is 2.14. The minimum atomic E-state index is -0.859. The molecule has 1 aromatic carbocycles. The molecule has 0 bridgehead atoms. The summed E-state index contributed by atoms with van der Waals surface area (Å²) in [7, 11) is 0. The number of aliphatic carboxylic acids is 1. The first-order valence-corrected chi connectivity index (χ1v) is 4.61. The van der Waals surface area contributed by atoms with Crippen molar-refractivity contribution < 1.29 is 9.90 Å². The largest absolute Gasteiger partial charge is 0.481 e. The fourth-order valence-corrected chi connectivity index (χ4v) is 1.63. The van der Waals surface area contributed by atoms with Gasteiger partial charge in [-0.3, -0.25) is 4.79 Å². The van der Waals surface area contributed by atoms with E-state index in [4.69, 9.17) is 10.4 Å². The normalized spacial score (nSPS) is 9.23. The van der Waals surface area contributed by atoms with Gasteiger partial charge in [0.1, 0.15) is 0 Å². The molecule has 0 radical (unpaired) electrons. The van der Waals surface area contributed by atoms with Crippen LogP contribution in [0.25, 0.3) is 0 Å². The number of carbonyl (C=O) groups is 1. The second-order valence-electron chi connectivity index (χ2n) is 2.49. The molecule has 1 aromatic rings. The lowest BCUT2D eigenvalue weighted by Crippen LogP contribution is -2.01. The summed E-state index contributed by atoms with van der Waals surface area (Å²) in [6.07, 6.45) is 0.00395. The lowest BCUT2D eigenvalue weighted by atomic mass is 10.1. The van der Waals surface area contributed by atoms with Crippen molar-refractivity contribution in [3.8, 4) is 6.07 Å². The third-order valence-electron chi connectivity index (χ3n) is 1.52. The average Bonchev–Trinajstić information content (AvgIpc) is 2.08. The molecule has 0 spiro atoms. The van der Waals surface area contributed by atoms with Crippen LogP contribution in [0.4, 0.5) is 0 Å². The molecule has 13 heavy (non-hydrogen) atoms. The van der Waals surface area contributed by atoms with Gasteiger partial charge < -0.3 is 5.11 Å². The minimum Gasteiger partial charge on any atom is -0.481 e. The summed E-state index contributed by atoms with van der Waals surface area (Å²) in [6.45, 7) is 0. The first kappa shape index (κ1) is 9.99. The average molecular weight is 287 g/mol. The second-order valence-corrected chi connectivity index (χ2v) is 3.65. The number of benzene rings is 1. The summed E-state index contributed by atoms with van der Waals surface area (Å²) in [5, 5.41) is 17.1. The molecule has 1 N–H and O–H groups in total. The maximum atomic E-state index is 10.4. The van der Waals surface area contributed by atoms with Gasteiger partial charge in [0.25, 0.3) is 0 Å². The highest BCUT2D eigenvalue weighted by atomic mass is 127. The molecule has 0 aliphatic rings. The SMILES string of the molecule is N#Cc1ccc(CC(=O)O)c(I)c1. The smallest absolute Gasteiger partial charge is 0.307 e. The third kappa shape index (κ3) is 2.70. The van der Waals surface area contributed by atoms with E-state index in [1.165, 1.54) is 0 Å². The number of hydrogen-bond donors (Lipinski definition) is 1. The Balaban J connectivity index is 3.00. The van der Waals surface area contributed by atoms with Crippen LogP contribution in [0.5, 0.6) is 0 Å². The van der Waals surface area contributed by atoms with Crippen molar-refractivity contribution in [3.05, 3.63) is 32.9 Å². The van der Waals surface area contributed by atoms with E-state index >= 15 is 0 Å². The predicted octanol–water partition coefficient (Wildman–Crippen LogP) is 1.79. The summed E-state index contributed by atoms with van der Waals surface area (Å²) in [4.78, 5) is 10.4. The standard InChI is InChI=1S/C9H6INO2/c10-8-3-6(5-11)1-2-7(8)4-9(12)13/h1-3H,4H2,(H,12,13). The van der Waals surface area contributed by atoms with Gasteiger partial charge in [0.2, 0.25) is 0 Å². The summed E-state index contributed by atoms with van der Waals surface area (Å²) < 4.78 is 0.819. The number of carboxylic acids is 1. The Labute approximate surface area is 89.1 Å². The molecule has 0 heterocycles. The van der Waals surface area contributed by atoms with Crippen LogP contribution in [0.1, 0.15) is 11.1 Å². The fourth-order valence-electron chi connectivity index (χ4n) is 0.923. The zero-order valence-electron chi connectivity index (χ0n) is 6.62. The van der Waals surface area contributed by atoms with Crippen molar-refractivity contribution >= 4 is 28.6 Å². The lowest BCUT2D eigenvalue weighted by molar-refractivity contribution is -0.136. The Hall–Kier alpha value is -1.09. The molecule has 4 heteroatoms. The van der Waals surface area contributed by atoms with Gasteiger partial charge in [-0.05, 0) is 40.3 Å². The molecular weight excluding hydrogens is 281 g/mol. The molecule has 0 unspecified atom stereocenters. The molecule has 0 aliphatic heterocycles. The topological polar surface area (TPSA) is 61.1 Å². The Morgan fingerprint density at radius 2 is 2.31 bits per heavy atom. The van der Waals surface area contributed by atoms with Crippen molar-refractivity contribution in [2.45, 2.75) is 6.42 Å². The van der Waals surface area contributed by atoms with E-state index in [9.17, 15) is 4.79 Å². The van der Waals surface area contributed by atoms with Gasteiger partial charge in [0.15, 0.2) is 0 Å². The minimum absolute atomic E-state index is 0.00395. The second kappa shape index (κ2) is 4.23.